The Labute approximate surface area is 180 Å². The number of amidine groups is 1. The van der Waals surface area contributed by atoms with Crippen molar-refractivity contribution in [3.8, 4) is 5.69 Å². The van der Waals surface area contributed by atoms with E-state index in [9.17, 15) is 35.9 Å². The molecule has 172 valence electrons. The predicted molar refractivity (Wildman–Crippen MR) is 104 cm³/mol. The number of H-pyrrole nitrogens is 2. The van der Waals surface area contributed by atoms with Gasteiger partial charge >= 0.3 is 18.0 Å². The molecule has 1 aromatic carbocycles. The molecule has 0 saturated carbocycles. The van der Waals surface area contributed by atoms with Gasteiger partial charge in [-0.1, -0.05) is 17.7 Å². The summed E-state index contributed by atoms with van der Waals surface area (Å²) in [6.07, 6.45) is -9.61. The molecule has 1 aliphatic rings. The monoisotopic (exact) mass is 470 g/mol. The van der Waals surface area contributed by atoms with Gasteiger partial charge in [-0.2, -0.15) is 26.3 Å². The highest BCUT2D eigenvalue weighted by Gasteiger charge is 2.75. The number of nitrogens with zero attached hydrogens (tertiary/aromatic N) is 2. The molecule has 3 N–H and O–H groups in total. The Morgan fingerprint density at radius 2 is 1.52 bits per heavy atom. The van der Waals surface area contributed by atoms with E-state index < -0.39 is 46.4 Å². The highest BCUT2D eigenvalue weighted by Crippen LogP contribution is 2.55. The lowest BCUT2D eigenvalue weighted by molar-refractivity contribution is -0.378. The van der Waals surface area contributed by atoms with E-state index in [1.54, 1.807) is 11.9 Å². The maximum absolute atomic E-state index is 14.2. The van der Waals surface area contributed by atoms with Gasteiger partial charge in [-0.25, -0.2) is 19.3 Å². The molecule has 0 aliphatic carbocycles. The summed E-state index contributed by atoms with van der Waals surface area (Å²) in [7, 11) is 0. The zero-order valence-corrected chi connectivity index (χ0v) is 16.6. The summed E-state index contributed by atoms with van der Waals surface area (Å²) >= 11 is 0. The average molecular weight is 470 g/mol. The van der Waals surface area contributed by atoms with Crippen molar-refractivity contribution in [3.63, 3.8) is 0 Å². The van der Waals surface area contributed by atoms with Crippen LogP contribution in [-0.2, 0) is 5.54 Å². The number of nitrogens with one attached hydrogen (secondary N) is 3. The van der Waals surface area contributed by atoms with E-state index in [0.717, 1.165) is 5.56 Å². The number of halogens is 6. The first kappa shape index (κ1) is 22.3. The van der Waals surface area contributed by atoms with Crippen LogP contribution in [0.3, 0.4) is 0 Å². The molecule has 4 rings (SSSR count). The van der Waals surface area contributed by atoms with Gasteiger partial charge in [-0.05, 0) is 19.1 Å². The zero-order valence-electron chi connectivity index (χ0n) is 16.6. The fourth-order valence-electron chi connectivity index (χ4n) is 3.55. The van der Waals surface area contributed by atoms with Crippen LogP contribution in [0.4, 0.5) is 32.2 Å². The lowest BCUT2D eigenvalue weighted by atomic mass is 9.87. The summed E-state index contributed by atoms with van der Waals surface area (Å²) in [5.74, 6) is -1.81. The molecule has 1 aliphatic heterocycles. The predicted octanol–water partition coefficient (Wildman–Crippen LogP) is 2.84. The maximum Gasteiger partial charge on any atom is 0.427 e. The largest absolute Gasteiger partial charge is 0.427 e. The number of fused-ring (bicyclic) bond motifs is 1. The maximum atomic E-state index is 14.2. The number of rotatable bonds is 2. The van der Waals surface area contributed by atoms with Crippen molar-refractivity contribution in [1.82, 2.24) is 9.55 Å². The van der Waals surface area contributed by atoms with E-state index in [0.29, 0.717) is 4.57 Å². The van der Waals surface area contributed by atoms with Crippen LogP contribution in [0.2, 0.25) is 0 Å². The molecule has 13 heteroatoms. The molecule has 0 spiro atoms. The number of aryl methyl sites for hydroxylation is 1. The summed E-state index contributed by atoms with van der Waals surface area (Å²) < 4.78 is 85.9. The molecular weight excluding hydrogens is 456 g/mol. The normalized spacial score (nSPS) is 15.4. The number of alkyl halides is 6. The Hall–Kier alpha value is -3.90. The van der Waals surface area contributed by atoms with Crippen LogP contribution in [0.15, 0.2) is 63.4 Å². The second kappa shape index (κ2) is 7.32. The lowest BCUT2D eigenvalue weighted by Gasteiger charge is -2.38. The van der Waals surface area contributed by atoms with E-state index in [1.807, 2.05) is 0 Å². The SMILES string of the molecule is Cc1ccc(-n2c3c(c(=O)[nH]c2=O)C(C(F)(F)F)(C(F)(F)F)N=C(c2cc[nH+]cc2)N3)cc1. The fraction of sp³-hybridized carbons (Fsp3) is 0.200. The number of benzene rings is 1. The Kier molecular flexibility index (Phi) is 4.95. The molecular formula is C20H14F6N5O2+. The van der Waals surface area contributed by atoms with Gasteiger partial charge in [0.1, 0.15) is 17.2 Å². The second-order valence-corrected chi connectivity index (χ2v) is 7.23. The van der Waals surface area contributed by atoms with Crippen molar-refractivity contribution < 1.29 is 31.3 Å². The van der Waals surface area contributed by atoms with Crippen molar-refractivity contribution in [3.05, 3.63) is 86.3 Å². The number of hydrogen-bond acceptors (Lipinski definition) is 4. The fourth-order valence-corrected chi connectivity index (χ4v) is 3.55. The summed E-state index contributed by atoms with van der Waals surface area (Å²) in [5.41, 5.74) is -9.27. The van der Waals surface area contributed by atoms with Crippen molar-refractivity contribution in [2.24, 2.45) is 4.99 Å². The molecule has 0 amide bonds. The number of aromatic nitrogens is 3. The number of aliphatic imine (C=N–C) groups is 1. The van der Waals surface area contributed by atoms with Gasteiger partial charge in [0, 0.05) is 17.7 Å². The molecule has 0 fully saturated rings. The highest BCUT2D eigenvalue weighted by atomic mass is 19.4. The summed E-state index contributed by atoms with van der Waals surface area (Å²) in [6.45, 7) is 1.70. The lowest BCUT2D eigenvalue weighted by Crippen LogP contribution is -2.59. The van der Waals surface area contributed by atoms with Crippen molar-refractivity contribution in [2.45, 2.75) is 24.8 Å². The van der Waals surface area contributed by atoms with Gasteiger partial charge in [0.25, 0.3) is 11.1 Å². The molecule has 7 nitrogen and oxygen atoms in total. The van der Waals surface area contributed by atoms with Gasteiger partial charge in [0.15, 0.2) is 12.4 Å². The molecule has 3 aromatic rings. The minimum Gasteiger partial charge on any atom is -0.325 e. The standard InChI is InChI=1S/C20H13F6N5O2/c1-10-2-4-12(5-3-10)31-15-13(16(32)29-17(31)33)18(19(21,22)23,20(24,25)26)30-14(28-15)11-6-8-27-9-7-11/h2-9H,1H3,(H,28,30)(H,29,32,33)/p+1. The first-order chi connectivity index (χ1) is 15.4. The van der Waals surface area contributed by atoms with Crippen LogP contribution in [0, 0.1) is 6.92 Å². The topological polar surface area (TPSA) is 93.4 Å². The number of pyridine rings is 1. The van der Waals surface area contributed by atoms with Crippen LogP contribution < -0.4 is 21.5 Å². The van der Waals surface area contributed by atoms with Gasteiger partial charge in [0.05, 0.1) is 5.69 Å². The number of aromatic amines is 2. The third kappa shape index (κ3) is 3.39. The Balaban J connectivity index is 2.18. The first-order valence-electron chi connectivity index (χ1n) is 9.30. The van der Waals surface area contributed by atoms with E-state index >= 15 is 0 Å². The van der Waals surface area contributed by atoms with Gasteiger partial charge in [-0.3, -0.25) is 9.78 Å². The van der Waals surface area contributed by atoms with Crippen LogP contribution in [0.5, 0.6) is 0 Å². The third-order valence-corrected chi connectivity index (χ3v) is 5.09. The molecule has 2 aromatic heterocycles. The van der Waals surface area contributed by atoms with Crippen molar-refractivity contribution in [2.75, 3.05) is 5.32 Å². The average Bonchev–Trinajstić information content (AvgIpc) is 2.73. The van der Waals surface area contributed by atoms with Crippen LogP contribution in [0.1, 0.15) is 16.7 Å². The summed E-state index contributed by atoms with van der Waals surface area (Å²) in [5, 5.41) is 2.35. The number of anilines is 1. The van der Waals surface area contributed by atoms with Crippen molar-refractivity contribution >= 4 is 11.7 Å². The van der Waals surface area contributed by atoms with E-state index in [2.05, 4.69) is 15.3 Å². The van der Waals surface area contributed by atoms with E-state index in [4.69, 9.17) is 0 Å². The summed E-state index contributed by atoms with van der Waals surface area (Å²) in [6, 6.07) is 8.03. The minimum absolute atomic E-state index is 0.0634. The Morgan fingerprint density at radius 1 is 0.939 bits per heavy atom. The van der Waals surface area contributed by atoms with Gasteiger partial charge < -0.3 is 5.32 Å². The minimum atomic E-state index is -6.07. The van der Waals surface area contributed by atoms with E-state index in [1.165, 1.54) is 48.8 Å². The van der Waals surface area contributed by atoms with Gasteiger partial charge in [0.2, 0.25) is 0 Å². The molecule has 0 bridgehead atoms. The zero-order chi connectivity index (χ0) is 24.2. The molecule has 33 heavy (non-hydrogen) atoms. The second-order valence-electron chi connectivity index (χ2n) is 7.23. The summed E-state index contributed by atoms with van der Waals surface area (Å²) in [4.78, 5) is 32.3. The quantitative estimate of drug-likeness (QED) is 0.565. The molecule has 0 saturated heterocycles. The van der Waals surface area contributed by atoms with Crippen LogP contribution in [-0.4, -0.2) is 27.7 Å². The Bertz CT molecular complexity index is 1340. The number of hydrogen-bond donors (Lipinski definition) is 2. The highest BCUT2D eigenvalue weighted by molar-refractivity contribution is 6.09. The molecule has 0 radical (unpaired) electrons. The van der Waals surface area contributed by atoms with Crippen molar-refractivity contribution in [1.29, 1.82) is 0 Å². The molecule has 0 unspecified atom stereocenters. The van der Waals surface area contributed by atoms with E-state index in [-0.39, 0.29) is 11.3 Å². The third-order valence-electron chi connectivity index (χ3n) is 5.09. The van der Waals surface area contributed by atoms with Crippen LogP contribution >= 0.6 is 0 Å². The van der Waals surface area contributed by atoms with Crippen LogP contribution in [0.25, 0.3) is 5.69 Å². The smallest absolute Gasteiger partial charge is 0.325 e. The molecule has 0 atom stereocenters. The Morgan fingerprint density at radius 3 is 2.06 bits per heavy atom. The van der Waals surface area contributed by atoms with Gasteiger partial charge in [-0.15, -0.1) is 0 Å². The first-order valence-corrected chi connectivity index (χ1v) is 9.30. The molecule has 3 heterocycles.